The maximum Gasteiger partial charge on any atom is 0.305 e. The van der Waals surface area contributed by atoms with Gasteiger partial charge < -0.3 is 20.3 Å². The molecule has 0 bridgehead atoms. The summed E-state index contributed by atoms with van der Waals surface area (Å²) < 4.78 is 5.46. The molecule has 0 fully saturated rings. The summed E-state index contributed by atoms with van der Waals surface area (Å²) in [5.41, 5.74) is 0. The number of hydrogen-bond acceptors (Lipinski definition) is 5. The molecule has 0 saturated carbocycles. The van der Waals surface area contributed by atoms with E-state index in [0.29, 0.717) is 19.4 Å². The van der Waals surface area contributed by atoms with Gasteiger partial charge in [0.1, 0.15) is 0 Å². The second-order valence-corrected chi connectivity index (χ2v) is 19.6. The van der Waals surface area contributed by atoms with Crippen molar-refractivity contribution in [3.05, 3.63) is 24.3 Å². The summed E-state index contributed by atoms with van der Waals surface area (Å²) in [7, 11) is 0. The Morgan fingerprint density at radius 2 is 0.734 bits per heavy atom. The fourth-order valence-corrected chi connectivity index (χ4v) is 8.81. The van der Waals surface area contributed by atoms with Gasteiger partial charge >= 0.3 is 5.97 Å². The molecule has 6 nitrogen and oxygen atoms in total. The smallest absolute Gasteiger partial charge is 0.305 e. The Bertz CT molecular complexity index is 997. The first-order valence-electron chi connectivity index (χ1n) is 28.6. The number of aliphatic hydroxyl groups is 2. The van der Waals surface area contributed by atoms with Crippen molar-refractivity contribution in [3.8, 4) is 0 Å². The molecule has 0 aliphatic rings. The summed E-state index contributed by atoms with van der Waals surface area (Å²) in [5.74, 6) is -0.0840. The van der Waals surface area contributed by atoms with Gasteiger partial charge in [0.05, 0.1) is 25.4 Å². The molecule has 0 aromatic heterocycles. The van der Waals surface area contributed by atoms with Crippen LogP contribution in [0.3, 0.4) is 0 Å². The Kier molecular flexibility index (Phi) is 52.6. The van der Waals surface area contributed by atoms with Gasteiger partial charge in [-0.25, -0.2) is 0 Å². The van der Waals surface area contributed by atoms with Crippen LogP contribution in [0.5, 0.6) is 0 Å². The Balaban J connectivity index is 3.47. The minimum absolute atomic E-state index is 0.00943. The molecule has 0 heterocycles. The van der Waals surface area contributed by atoms with Crippen LogP contribution in [0.25, 0.3) is 0 Å². The molecule has 0 saturated heterocycles. The van der Waals surface area contributed by atoms with Crippen molar-refractivity contribution in [2.24, 2.45) is 0 Å². The molecule has 2 atom stereocenters. The quantitative estimate of drug-likeness (QED) is 0.0321. The highest BCUT2D eigenvalue weighted by molar-refractivity contribution is 5.76. The number of carbonyl (C=O) groups is 2. The molecule has 0 aliphatic heterocycles. The summed E-state index contributed by atoms with van der Waals surface area (Å²) in [4.78, 5) is 24.5. The van der Waals surface area contributed by atoms with Gasteiger partial charge in [-0.3, -0.25) is 9.59 Å². The van der Waals surface area contributed by atoms with Crippen molar-refractivity contribution >= 4 is 11.9 Å². The first-order valence-corrected chi connectivity index (χ1v) is 28.6. The summed E-state index contributed by atoms with van der Waals surface area (Å²) in [6.45, 7) is 4.88. The molecule has 0 aromatic rings. The number of nitrogens with one attached hydrogen (secondary N) is 1. The van der Waals surface area contributed by atoms with Crippen molar-refractivity contribution in [2.45, 2.75) is 321 Å². The third-order valence-corrected chi connectivity index (χ3v) is 13.2. The number of carbonyl (C=O) groups excluding carboxylic acids is 2. The van der Waals surface area contributed by atoms with Crippen LogP contribution in [0.1, 0.15) is 309 Å². The molecule has 0 radical (unpaired) electrons. The van der Waals surface area contributed by atoms with Crippen LogP contribution in [0.2, 0.25) is 0 Å². The number of unbranched alkanes of at least 4 members (excludes halogenated alkanes) is 40. The molecule has 64 heavy (non-hydrogen) atoms. The molecular formula is C58H111NO5. The van der Waals surface area contributed by atoms with E-state index < -0.39 is 12.1 Å². The zero-order valence-electron chi connectivity index (χ0n) is 43.0. The van der Waals surface area contributed by atoms with Crippen LogP contribution >= 0.6 is 0 Å². The molecule has 1 amide bonds. The van der Waals surface area contributed by atoms with Crippen LogP contribution in [0.4, 0.5) is 0 Å². The SMILES string of the molecule is CCCCCC/C=C\CCCCCCCC(=O)OCCCCCCCCCCCCCCCCCC(=O)NC(CO)C(O)/C=C/CCCCCCCCCCCCCCCCCCC. The standard InChI is InChI=1S/C58H111NO5/c1-3-5-7-9-11-13-15-17-18-19-20-21-23-27-30-34-38-42-46-50-56(61)55(54-60)59-57(62)51-47-43-39-35-31-28-24-22-25-29-33-37-41-45-49-53-64-58(63)52-48-44-40-36-32-26-16-14-12-10-8-6-4-2/h14,16,46,50,55-56,60-61H,3-13,15,17-45,47-49,51-54H2,1-2H3,(H,59,62)/b16-14-,50-46+. The van der Waals surface area contributed by atoms with Gasteiger partial charge in [0.15, 0.2) is 0 Å². The van der Waals surface area contributed by atoms with Gasteiger partial charge in [0.2, 0.25) is 5.91 Å². The van der Waals surface area contributed by atoms with Crippen molar-refractivity contribution in [1.29, 1.82) is 0 Å². The summed E-state index contributed by atoms with van der Waals surface area (Å²) in [6.07, 6.45) is 64.7. The lowest BCUT2D eigenvalue weighted by molar-refractivity contribution is -0.143. The fourth-order valence-electron chi connectivity index (χ4n) is 8.81. The molecule has 0 aliphatic carbocycles. The summed E-state index contributed by atoms with van der Waals surface area (Å²) >= 11 is 0. The van der Waals surface area contributed by atoms with E-state index in [2.05, 4.69) is 31.3 Å². The number of hydrogen-bond donors (Lipinski definition) is 3. The third-order valence-electron chi connectivity index (χ3n) is 13.2. The average molecular weight is 903 g/mol. The maximum absolute atomic E-state index is 12.5. The second-order valence-electron chi connectivity index (χ2n) is 19.6. The lowest BCUT2D eigenvalue weighted by Crippen LogP contribution is -2.45. The zero-order valence-corrected chi connectivity index (χ0v) is 43.0. The summed E-state index contributed by atoms with van der Waals surface area (Å²) in [6, 6.07) is -0.635. The van der Waals surface area contributed by atoms with E-state index in [4.69, 9.17) is 4.74 Å². The topological polar surface area (TPSA) is 95.9 Å². The lowest BCUT2D eigenvalue weighted by atomic mass is 10.0. The van der Waals surface area contributed by atoms with E-state index in [1.165, 1.54) is 231 Å². The number of rotatable bonds is 53. The molecule has 0 spiro atoms. The predicted octanol–water partition coefficient (Wildman–Crippen LogP) is 17.5. The Morgan fingerprint density at radius 1 is 0.422 bits per heavy atom. The largest absolute Gasteiger partial charge is 0.466 e. The third kappa shape index (κ3) is 49.8. The van der Waals surface area contributed by atoms with Crippen LogP contribution in [0.15, 0.2) is 24.3 Å². The molecule has 0 aromatic carbocycles. The van der Waals surface area contributed by atoms with Crippen LogP contribution in [-0.2, 0) is 14.3 Å². The molecule has 378 valence electrons. The average Bonchev–Trinajstić information content (AvgIpc) is 3.29. The zero-order chi connectivity index (χ0) is 46.5. The van der Waals surface area contributed by atoms with E-state index in [0.717, 1.165) is 51.4 Å². The van der Waals surface area contributed by atoms with Crippen LogP contribution < -0.4 is 5.32 Å². The Hall–Kier alpha value is -1.66. The number of esters is 1. The van der Waals surface area contributed by atoms with Gasteiger partial charge in [-0.2, -0.15) is 0 Å². The van der Waals surface area contributed by atoms with Gasteiger partial charge in [0.25, 0.3) is 0 Å². The highest BCUT2D eigenvalue weighted by Crippen LogP contribution is 2.17. The van der Waals surface area contributed by atoms with Gasteiger partial charge in [-0.05, 0) is 57.8 Å². The maximum atomic E-state index is 12.5. The minimum atomic E-state index is -0.851. The normalized spacial score (nSPS) is 12.8. The van der Waals surface area contributed by atoms with Crippen LogP contribution in [-0.4, -0.2) is 47.4 Å². The van der Waals surface area contributed by atoms with Crippen molar-refractivity contribution < 1.29 is 24.5 Å². The highest BCUT2D eigenvalue weighted by Gasteiger charge is 2.18. The second kappa shape index (κ2) is 54.0. The predicted molar refractivity (Wildman–Crippen MR) is 278 cm³/mol. The van der Waals surface area contributed by atoms with E-state index >= 15 is 0 Å². The van der Waals surface area contributed by atoms with Crippen molar-refractivity contribution in [2.75, 3.05) is 13.2 Å². The molecule has 6 heteroatoms. The van der Waals surface area contributed by atoms with Crippen molar-refractivity contribution in [1.82, 2.24) is 5.32 Å². The number of ether oxygens (including phenoxy) is 1. The first-order chi connectivity index (χ1) is 31.5. The van der Waals surface area contributed by atoms with E-state index in [9.17, 15) is 19.8 Å². The van der Waals surface area contributed by atoms with Gasteiger partial charge in [-0.15, -0.1) is 0 Å². The number of amides is 1. The Labute approximate surface area is 399 Å². The molecular weight excluding hydrogens is 791 g/mol. The highest BCUT2D eigenvalue weighted by atomic mass is 16.5. The lowest BCUT2D eigenvalue weighted by Gasteiger charge is -2.20. The first kappa shape index (κ1) is 62.3. The van der Waals surface area contributed by atoms with E-state index in [1.807, 2.05) is 6.08 Å². The fraction of sp³-hybridized carbons (Fsp3) is 0.897. The number of aliphatic hydroxyl groups excluding tert-OH is 2. The summed E-state index contributed by atoms with van der Waals surface area (Å²) in [5, 5.41) is 23.1. The molecule has 2 unspecified atom stereocenters. The van der Waals surface area contributed by atoms with Gasteiger partial charge in [-0.1, -0.05) is 263 Å². The number of allylic oxidation sites excluding steroid dienone is 3. The monoisotopic (exact) mass is 902 g/mol. The molecule has 0 rings (SSSR count). The Morgan fingerprint density at radius 3 is 1.12 bits per heavy atom. The van der Waals surface area contributed by atoms with Crippen LogP contribution in [0, 0.1) is 0 Å². The molecule has 3 N–H and O–H groups in total. The minimum Gasteiger partial charge on any atom is -0.466 e. The van der Waals surface area contributed by atoms with E-state index in [1.54, 1.807) is 6.08 Å². The van der Waals surface area contributed by atoms with Crippen molar-refractivity contribution in [3.63, 3.8) is 0 Å². The van der Waals surface area contributed by atoms with E-state index in [-0.39, 0.29) is 18.5 Å². The van der Waals surface area contributed by atoms with Gasteiger partial charge in [0, 0.05) is 12.8 Å².